The van der Waals surface area contributed by atoms with E-state index in [0.717, 1.165) is 5.56 Å². The van der Waals surface area contributed by atoms with Crippen molar-refractivity contribution in [2.24, 2.45) is 0 Å². The van der Waals surface area contributed by atoms with Crippen molar-refractivity contribution in [1.29, 1.82) is 5.26 Å². The zero-order chi connectivity index (χ0) is 22.8. The topological polar surface area (TPSA) is 80.1 Å². The van der Waals surface area contributed by atoms with Gasteiger partial charge in [-0.05, 0) is 50.6 Å². The maximum absolute atomic E-state index is 12.5. The van der Waals surface area contributed by atoms with Crippen molar-refractivity contribution in [3.63, 3.8) is 0 Å². The molecule has 0 N–H and O–H groups in total. The average molecular weight is 475 g/mol. The van der Waals surface area contributed by atoms with Crippen LogP contribution in [0.15, 0.2) is 54.6 Å². The molecule has 0 unspecified atom stereocenters. The SMILES string of the molecule is CC(C)(C)S(=O)(=O)COc1nc(-c2ccccc2Cl)c(-c2ccc(Cl)cc2)cc1C#N. The predicted molar refractivity (Wildman–Crippen MR) is 124 cm³/mol. The van der Waals surface area contributed by atoms with E-state index < -0.39 is 20.5 Å². The van der Waals surface area contributed by atoms with Gasteiger partial charge in [0, 0.05) is 21.2 Å². The van der Waals surface area contributed by atoms with Crippen LogP contribution in [-0.4, -0.2) is 24.1 Å². The van der Waals surface area contributed by atoms with E-state index in [9.17, 15) is 13.7 Å². The summed E-state index contributed by atoms with van der Waals surface area (Å²) in [5, 5.41) is 10.7. The smallest absolute Gasteiger partial charge is 0.233 e. The molecule has 0 spiro atoms. The number of nitrogens with zero attached hydrogens (tertiary/aromatic N) is 2. The molecule has 1 heterocycles. The Labute approximate surface area is 192 Å². The normalized spacial score (nSPS) is 11.7. The van der Waals surface area contributed by atoms with E-state index in [-0.39, 0.29) is 11.4 Å². The average Bonchev–Trinajstić information content (AvgIpc) is 2.72. The third-order valence-corrected chi connectivity index (χ3v) is 7.55. The summed E-state index contributed by atoms with van der Waals surface area (Å²) in [6.07, 6.45) is 0. The summed E-state index contributed by atoms with van der Waals surface area (Å²) in [5.41, 5.74) is 2.63. The molecule has 160 valence electrons. The van der Waals surface area contributed by atoms with Crippen LogP contribution in [-0.2, 0) is 9.84 Å². The molecule has 0 bridgehead atoms. The Balaban J connectivity index is 2.18. The number of ether oxygens (including phenoxy) is 1. The number of hydrogen-bond acceptors (Lipinski definition) is 5. The highest BCUT2D eigenvalue weighted by atomic mass is 35.5. The first-order valence-electron chi connectivity index (χ1n) is 9.34. The first-order valence-corrected chi connectivity index (χ1v) is 11.8. The van der Waals surface area contributed by atoms with Crippen molar-refractivity contribution >= 4 is 33.0 Å². The molecule has 31 heavy (non-hydrogen) atoms. The summed E-state index contributed by atoms with van der Waals surface area (Å²) in [4.78, 5) is 4.53. The lowest BCUT2D eigenvalue weighted by atomic mass is 9.98. The van der Waals surface area contributed by atoms with Crippen LogP contribution in [0.4, 0.5) is 0 Å². The molecule has 0 atom stereocenters. The molecule has 8 heteroatoms. The van der Waals surface area contributed by atoms with Gasteiger partial charge in [-0.1, -0.05) is 53.5 Å². The lowest BCUT2D eigenvalue weighted by molar-refractivity contribution is 0.357. The van der Waals surface area contributed by atoms with E-state index in [1.165, 1.54) is 0 Å². The highest BCUT2D eigenvalue weighted by molar-refractivity contribution is 7.92. The molecule has 0 radical (unpaired) electrons. The number of benzene rings is 2. The largest absolute Gasteiger partial charge is 0.460 e. The number of hydrogen-bond donors (Lipinski definition) is 0. The van der Waals surface area contributed by atoms with Crippen LogP contribution in [0, 0.1) is 11.3 Å². The van der Waals surface area contributed by atoms with Crippen molar-refractivity contribution in [1.82, 2.24) is 4.98 Å². The van der Waals surface area contributed by atoms with E-state index in [4.69, 9.17) is 27.9 Å². The van der Waals surface area contributed by atoms with Gasteiger partial charge in [0.2, 0.25) is 5.88 Å². The van der Waals surface area contributed by atoms with Gasteiger partial charge in [0.15, 0.2) is 15.8 Å². The number of aromatic nitrogens is 1. The Hall–Kier alpha value is -2.59. The quantitative estimate of drug-likeness (QED) is 0.443. The second kappa shape index (κ2) is 8.88. The maximum Gasteiger partial charge on any atom is 0.233 e. The Morgan fingerprint density at radius 1 is 1.03 bits per heavy atom. The molecule has 2 aromatic carbocycles. The molecule has 0 aliphatic carbocycles. The first-order chi connectivity index (χ1) is 14.5. The zero-order valence-corrected chi connectivity index (χ0v) is 19.5. The van der Waals surface area contributed by atoms with Crippen LogP contribution in [0.25, 0.3) is 22.4 Å². The summed E-state index contributed by atoms with van der Waals surface area (Å²) in [7, 11) is -3.59. The van der Waals surface area contributed by atoms with Crippen molar-refractivity contribution in [2.75, 3.05) is 5.94 Å². The molecule has 0 fully saturated rings. The lowest BCUT2D eigenvalue weighted by Crippen LogP contribution is -2.32. The minimum atomic E-state index is -3.59. The van der Waals surface area contributed by atoms with Gasteiger partial charge in [0.1, 0.15) is 11.6 Å². The van der Waals surface area contributed by atoms with Gasteiger partial charge in [-0.2, -0.15) is 5.26 Å². The number of pyridine rings is 1. The fourth-order valence-electron chi connectivity index (χ4n) is 2.70. The molecular weight excluding hydrogens is 455 g/mol. The van der Waals surface area contributed by atoms with Crippen molar-refractivity contribution in [3.8, 4) is 34.3 Å². The zero-order valence-electron chi connectivity index (χ0n) is 17.2. The molecule has 0 amide bonds. The molecule has 1 aromatic heterocycles. The van der Waals surface area contributed by atoms with Gasteiger partial charge >= 0.3 is 0 Å². The molecule has 0 saturated heterocycles. The summed E-state index contributed by atoms with van der Waals surface area (Å²) < 4.78 is 29.5. The lowest BCUT2D eigenvalue weighted by Gasteiger charge is -2.20. The fraction of sp³-hybridized carbons (Fsp3) is 0.217. The van der Waals surface area contributed by atoms with E-state index in [0.29, 0.717) is 26.9 Å². The van der Waals surface area contributed by atoms with E-state index in [2.05, 4.69) is 4.98 Å². The van der Waals surface area contributed by atoms with Gasteiger partial charge in [0.05, 0.1) is 10.4 Å². The summed E-state index contributed by atoms with van der Waals surface area (Å²) in [5.74, 6) is -0.663. The van der Waals surface area contributed by atoms with Gasteiger partial charge in [-0.25, -0.2) is 13.4 Å². The van der Waals surface area contributed by atoms with Crippen molar-refractivity contribution in [2.45, 2.75) is 25.5 Å². The highest BCUT2D eigenvalue weighted by Crippen LogP contribution is 2.38. The molecule has 3 aromatic rings. The molecule has 5 nitrogen and oxygen atoms in total. The molecule has 0 aliphatic heterocycles. The van der Waals surface area contributed by atoms with E-state index >= 15 is 0 Å². The minimum Gasteiger partial charge on any atom is -0.460 e. The Bertz CT molecular complexity index is 1260. The van der Waals surface area contributed by atoms with Crippen LogP contribution in [0.5, 0.6) is 5.88 Å². The number of rotatable bonds is 5. The number of halogens is 2. The van der Waals surface area contributed by atoms with E-state index in [1.807, 2.05) is 24.3 Å². The number of nitriles is 1. The van der Waals surface area contributed by atoms with Crippen molar-refractivity contribution < 1.29 is 13.2 Å². The third kappa shape index (κ3) is 5.01. The maximum atomic E-state index is 12.5. The van der Waals surface area contributed by atoms with Gasteiger partial charge in [-0.3, -0.25) is 0 Å². The summed E-state index contributed by atoms with van der Waals surface area (Å²) in [6.45, 7) is 4.76. The summed E-state index contributed by atoms with van der Waals surface area (Å²) in [6, 6.07) is 17.9. The number of sulfone groups is 1. The molecular formula is C23H20Cl2N2O3S. The van der Waals surface area contributed by atoms with Crippen LogP contribution in [0.1, 0.15) is 26.3 Å². The van der Waals surface area contributed by atoms with Crippen LogP contribution < -0.4 is 4.74 Å². The van der Waals surface area contributed by atoms with Crippen LogP contribution >= 0.6 is 23.2 Å². The minimum absolute atomic E-state index is 0.0667. The summed E-state index contributed by atoms with van der Waals surface area (Å²) >= 11 is 12.4. The van der Waals surface area contributed by atoms with Crippen LogP contribution in [0.3, 0.4) is 0 Å². The molecule has 0 saturated carbocycles. The standard InChI is InChI=1S/C23H20Cl2N2O3S/c1-23(2,3)31(28,29)14-30-22-16(13-26)12-19(15-8-10-17(24)11-9-15)21(27-22)18-6-4-5-7-20(18)25/h4-12H,14H2,1-3H3. The van der Waals surface area contributed by atoms with E-state index in [1.54, 1.807) is 57.2 Å². The van der Waals surface area contributed by atoms with Gasteiger partial charge in [0.25, 0.3) is 0 Å². The second-order valence-electron chi connectivity index (χ2n) is 7.83. The highest BCUT2D eigenvalue weighted by Gasteiger charge is 2.30. The van der Waals surface area contributed by atoms with Gasteiger partial charge in [-0.15, -0.1) is 0 Å². The Morgan fingerprint density at radius 3 is 2.26 bits per heavy atom. The fourth-order valence-corrected chi connectivity index (χ4v) is 3.68. The third-order valence-electron chi connectivity index (χ3n) is 4.68. The molecule has 3 rings (SSSR count). The van der Waals surface area contributed by atoms with Crippen molar-refractivity contribution in [3.05, 3.63) is 70.2 Å². The molecule has 0 aliphatic rings. The Morgan fingerprint density at radius 2 is 1.68 bits per heavy atom. The monoisotopic (exact) mass is 474 g/mol. The van der Waals surface area contributed by atoms with Gasteiger partial charge < -0.3 is 4.74 Å². The predicted octanol–water partition coefficient (Wildman–Crippen LogP) is 6.14. The van der Waals surface area contributed by atoms with Crippen LogP contribution in [0.2, 0.25) is 10.0 Å². The second-order valence-corrected chi connectivity index (χ2v) is 11.4. The first kappa shape index (κ1) is 23.1. The Kier molecular flexibility index (Phi) is 6.61.